The molecule has 0 aliphatic rings. The molecule has 0 aliphatic carbocycles. The minimum Gasteiger partial charge on any atom is -0.384 e. The van der Waals surface area contributed by atoms with Crippen LogP contribution in [-0.2, 0) is 20.2 Å². The summed E-state index contributed by atoms with van der Waals surface area (Å²) in [6.45, 7) is 12.6. The lowest BCUT2D eigenvalue weighted by molar-refractivity contribution is 0.220. The maximum Gasteiger partial charge on any atom is 0.294 e. The van der Waals surface area contributed by atoms with Gasteiger partial charge in [-0.15, -0.1) is 0 Å². The number of anilines is 2. The molecule has 42 heavy (non-hydrogen) atoms. The van der Waals surface area contributed by atoms with Crippen LogP contribution in [0.15, 0.2) is 94.7 Å². The van der Waals surface area contributed by atoms with E-state index in [4.69, 9.17) is 9.11 Å². The van der Waals surface area contributed by atoms with E-state index in [1.54, 1.807) is 0 Å². The first-order valence-electron chi connectivity index (χ1n) is 13.7. The summed E-state index contributed by atoms with van der Waals surface area (Å²) in [5, 5.41) is 11.5. The van der Waals surface area contributed by atoms with Gasteiger partial charge in [-0.05, 0) is 98.1 Å². The van der Waals surface area contributed by atoms with Crippen molar-refractivity contribution >= 4 is 42.4 Å². The number of aliphatic hydroxyl groups excluding tert-OH is 1. The van der Waals surface area contributed by atoms with Gasteiger partial charge in [-0.25, -0.2) is 0 Å². The van der Waals surface area contributed by atoms with Gasteiger partial charge in [0.05, 0.1) is 9.79 Å². The zero-order valence-corrected chi connectivity index (χ0v) is 25.8. The molecule has 0 heterocycles. The molecular weight excluding hydrogens is 576 g/mol. The lowest BCUT2D eigenvalue weighted by Gasteiger charge is -2.22. The van der Waals surface area contributed by atoms with E-state index in [9.17, 15) is 21.9 Å². The number of benzene rings is 4. The van der Waals surface area contributed by atoms with Crippen LogP contribution in [0, 0.1) is 0 Å². The van der Waals surface area contributed by atoms with Gasteiger partial charge in [-0.2, -0.15) is 16.8 Å². The van der Waals surface area contributed by atoms with Crippen molar-refractivity contribution in [1.29, 1.82) is 0 Å². The minimum atomic E-state index is -4.35. The normalized spacial score (nSPS) is 11.7. The summed E-state index contributed by atoms with van der Waals surface area (Å²) in [7, 11) is -8.71. The standard InChI is InChI=1S/C21H30N2O.C10H8O6S2/c1-5-22(6-2)19-13-9-17(10-14-19)21(24)18-11-15-20(16-12-18)23(7-3)8-4;11-17(12,13)9-3-1-7-2-4-10(18(14,15)16)6-8(7)5-9/h9-16,21,24H,5-8H2,1-4H3;1-6H,(H,11,12,13)(H,14,15,16). The molecule has 0 aliphatic heterocycles. The highest BCUT2D eigenvalue weighted by molar-refractivity contribution is 7.86. The van der Waals surface area contributed by atoms with Crippen LogP contribution >= 0.6 is 0 Å². The predicted octanol–water partition coefficient (Wildman–Crippen LogP) is 5.79. The second-order valence-corrected chi connectivity index (χ2v) is 12.4. The van der Waals surface area contributed by atoms with Gasteiger partial charge in [0.2, 0.25) is 0 Å². The average Bonchev–Trinajstić information content (AvgIpc) is 2.97. The second kappa shape index (κ2) is 14.1. The van der Waals surface area contributed by atoms with E-state index >= 15 is 0 Å². The van der Waals surface area contributed by atoms with Crippen molar-refractivity contribution in [2.24, 2.45) is 0 Å². The molecule has 0 bridgehead atoms. The minimum absolute atomic E-state index is 0.278. The molecule has 11 heteroatoms. The topological polar surface area (TPSA) is 135 Å². The van der Waals surface area contributed by atoms with Gasteiger partial charge >= 0.3 is 0 Å². The molecule has 4 aromatic carbocycles. The molecule has 0 aromatic heterocycles. The molecule has 4 rings (SSSR count). The summed E-state index contributed by atoms with van der Waals surface area (Å²) < 4.78 is 61.5. The molecule has 0 saturated carbocycles. The van der Waals surface area contributed by atoms with Gasteiger partial charge in [-0.1, -0.05) is 36.4 Å². The molecular formula is C31H38N2O7S2. The first kappa shape index (κ1) is 33.0. The Bertz CT molecular complexity index is 1560. The molecule has 0 saturated heterocycles. The highest BCUT2D eigenvalue weighted by Crippen LogP contribution is 2.27. The fourth-order valence-electron chi connectivity index (χ4n) is 4.63. The summed E-state index contributed by atoms with van der Waals surface area (Å²) in [4.78, 5) is 3.91. The van der Waals surface area contributed by atoms with Gasteiger partial charge in [0.1, 0.15) is 6.10 Å². The molecule has 0 amide bonds. The third-order valence-corrected chi connectivity index (χ3v) is 8.75. The molecule has 0 spiro atoms. The quantitative estimate of drug-likeness (QED) is 0.190. The van der Waals surface area contributed by atoms with Crippen molar-refractivity contribution in [1.82, 2.24) is 0 Å². The number of hydrogen-bond donors (Lipinski definition) is 3. The molecule has 3 N–H and O–H groups in total. The number of fused-ring (bicyclic) bond motifs is 1. The van der Waals surface area contributed by atoms with Gasteiger partial charge in [0.25, 0.3) is 20.2 Å². The van der Waals surface area contributed by atoms with E-state index in [0.717, 1.165) is 49.4 Å². The van der Waals surface area contributed by atoms with E-state index < -0.39 is 26.3 Å². The van der Waals surface area contributed by atoms with Crippen LogP contribution in [0.4, 0.5) is 11.4 Å². The third-order valence-electron chi connectivity index (χ3n) is 7.05. The van der Waals surface area contributed by atoms with Crippen molar-refractivity contribution in [2.75, 3.05) is 36.0 Å². The fraction of sp³-hybridized carbons (Fsp3) is 0.290. The maximum atomic E-state index is 10.9. The number of rotatable bonds is 10. The lowest BCUT2D eigenvalue weighted by atomic mass is 10.0. The van der Waals surface area contributed by atoms with Crippen LogP contribution in [0.5, 0.6) is 0 Å². The van der Waals surface area contributed by atoms with E-state index in [-0.39, 0.29) is 15.2 Å². The van der Waals surface area contributed by atoms with Crippen LogP contribution in [0.1, 0.15) is 44.9 Å². The van der Waals surface area contributed by atoms with E-state index in [1.165, 1.54) is 35.6 Å². The first-order valence-corrected chi connectivity index (χ1v) is 16.6. The second-order valence-electron chi connectivity index (χ2n) is 9.55. The Balaban J connectivity index is 0.000000240. The number of nitrogens with zero attached hydrogens (tertiary/aromatic N) is 2. The molecule has 9 nitrogen and oxygen atoms in total. The smallest absolute Gasteiger partial charge is 0.294 e. The summed E-state index contributed by atoms with van der Waals surface area (Å²) in [5.41, 5.74) is 4.27. The largest absolute Gasteiger partial charge is 0.384 e. The molecule has 0 fully saturated rings. The summed E-state index contributed by atoms with van der Waals surface area (Å²) in [5.74, 6) is 0. The van der Waals surface area contributed by atoms with Crippen molar-refractivity contribution in [3.63, 3.8) is 0 Å². The molecule has 0 unspecified atom stereocenters. The summed E-state index contributed by atoms with van der Waals surface area (Å²) in [6, 6.07) is 24.0. The first-order chi connectivity index (χ1) is 19.8. The van der Waals surface area contributed by atoms with Crippen molar-refractivity contribution in [2.45, 2.75) is 43.6 Å². The Kier molecular flexibility index (Phi) is 11.1. The summed E-state index contributed by atoms with van der Waals surface area (Å²) >= 11 is 0. The van der Waals surface area contributed by atoms with Crippen molar-refractivity contribution in [3.8, 4) is 0 Å². The van der Waals surface area contributed by atoms with Gasteiger partial charge in [0.15, 0.2) is 0 Å². The van der Waals surface area contributed by atoms with E-state index in [0.29, 0.717) is 5.39 Å². The zero-order chi connectivity index (χ0) is 31.1. The van der Waals surface area contributed by atoms with E-state index in [2.05, 4.69) is 61.8 Å². The van der Waals surface area contributed by atoms with Crippen LogP contribution in [0.25, 0.3) is 10.8 Å². The predicted molar refractivity (Wildman–Crippen MR) is 168 cm³/mol. The Hall–Kier alpha value is -3.48. The zero-order valence-electron chi connectivity index (χ0n) is 24.2. The van der Waals surface area contributed by atoms with Gasteiger partial charge in [-0.3, -0.25) is 9.11 Å². The van der Waals surface area contributed by atoms with Crippen LogP contribution in [0.2, 0.25) is 0 Å². The van der Waals surface area contributed by atoms with Crippen LogP contribution in [-0.4, -0.2) is 57.2 Å². The Morgan fingerprint density at radius 2 is 0.881 bits per heavy atom. The highest BCUT2D eigenvalue weighted by atomic mass is 32.2. The third kappa shape index (κ3) is 8.30. The van der Waals surface area contributed by atoms with Crippen molar-refractivity contribution < 1.29 is 31.0 Å². The van der Waals surface area contributed by atoms with Crippen molar-refractivity contribution in [3.05, 3.63) is 96.1 Å². The van der Waals surface area contributed by atoms with E-state index in [1.807, 2.05) is 24.3 Å². The lowest BCUT2D eigenvalue weighted by Crippen LogP contribution is -2.21. The Morgan fingerprint density at radius 3 is 1.17 bits per heavy atom. The molecule has 226 valence electrons. The van der Waals surface area contributed by atoms with Gasteiger partial charge in [0, 0.05) is 37.6 Å². The highest BCUT2D eigenvalue weighted by Gasteiger charge is 2.14. The molecule has 0 radical (unpaired) electrons. The fourth-order valence-corrected chi connectivity index (χ4v) is 5.66. The van der Waals surface area contributed by atoms with Crippen LogP contribution in [0.3, 0.4) is 0 Å². The average molecular weight is 615 g/mol. The summed E-state index contributed by atoms with van der Waals surface area (Å²) in [6.07, 6.45) is -0.582. The molecule has 0 atom stereocenters. The van der Waals surface area contributed by atoms with Crippen LogP contribution < -0.4 is 9.80 Å². The number of hydrogen-bond acceptors (Lipinski definition) is 7. The molecule has 4 aromatic rings. The SMILES string of the molecule is CCN(CC)c1ccc(C(O)c2ccc(N(CC)CC)cc2)cc1.O=S(=O)(O)c1ccc2ccc(S(=O)(=O)O)cc2c1. The Labute approximate surface area is 248 Å². The monoisotopic (exact) mass is 614 g/mol. The Morgan fingerprint density at radius 1 is 0.548 bits per heavy atom. The van der Waals surface area contributed by atoms with Gasteiger partial charge < -0.3 is 14.9 Å². The number of aliphatic hydroxyl groups is 1. The maximum absolute atomic E-state index is 10.9.